The first-order valence-electron chi connectivity index (χ1n) is 6.19. The van der Waals surface area contributed by atoms with Crippen molar-refractivity contribution in [1.29, 1.82) is 0 Å². The van der Waals surface area contributed by atoms with E-state index >= 15 is 0 Å². The van der Waals surface area contributed by atoms with Crippen molar-refractivity contribution in [3.05, 3.63) is 42.0 Å². The fourth-order valence-electron chi connectivity index (χ4n) is 1.88. The molecule has 2 heteroatoms. The molecule has 0 aromatic heterocycles. The Morgan fingerprint density at radius 1 is 1.35 bits per heavy atom. The van der Waals surface area contributed by atoms with Crippen LogP contribution >= 0.6 is 11.8 Å². The molecule has 0 spiro atoms. The van der Waals surface area contributed by atoms with E-state index in [4.69, 9.17) is 0 Å². The maximum Gasteiger partial charge on any atom is 0.165 e. The number of hydrogen-bond acceptors (Lipinski definition) is 2. The van der Waals surface area contributed by atoms with Crippen LogP contribution in [0.4, 0.5) is 0 Å². The van der Waals surface area contributed by atoms with Crippen molar-refractivity contribution in [2.45, 2.75) is 19.8 Å². The Balaban J connectivity index is 2.12. The summed E-state index contributed by atoms with van der Waals surface area (Å²) >= 11 is 1.69. The molecule has 0 amide bonds. The van der Waals surface area contributed by atoms with E-state index < -0.39 is 0 Å². The SMILES string of the molecule is CCSCC(=O)C=C(c1ccccc1)C1CC1. The lowest BCUT2D eigenvalue weighted by Crippen LogP contribution is -2.00. The lowest BCUT2D eigenvalue weighted by Gasteiger charge is -2.05. The van der Waals surface area contributed by atoms with Gasteiger partial charge in [0.05, 0.1) is 5.75 Å². The van der Waals surface area contributed by atoms with E-state index in [1.165, 1.54) is 24.0 Å². The number of thioether (sulfide) groups is 1. The molecule has 17 heavy (non-hydrogen) atoms. The highest BCUT2D eigenvalue weighted by Gasteiger charge is 2.27. The molecule has 1 nitrogen and oxygen atoms in total. The average molecular weight is 246 g/mol. The summed E-state index contributed by atoms with van der Waals surface area (Å²) in [5, 5.41) is 0. The molecule has 0 atom stereocenters. The van der Waals surface area contributed by atoms with Crippen molar-refractivity contribution in [2.75, 3.05) is 11.5 Å². The number of carbonyl (C=O) groups excluding carboxylic acids is 1. The summed E-state index contributed by atoms with van der Waals surface area (Å²) in [6, 6.07) is 10.3. The molecular formula is C15H18OS. The number of hydrogen-bond donors (Lipinski definition) is 0. The number of rotatable bonds is 6. The van der Waals surface area contributed by atoms with Gasteiger partial charge in [-0.2, -0.15) is 11.8 Å². The third-order valence-corrected chi connectivity index (χ3v) is 3.79. The van der Waals surface area contributed by atoms with Crippen molar-refractivity contribution < 1.29 is 4.79 Å². The second-order valence-electron chi connectivity index (χ2n) is 4.34. The third-order valence-electron chi connectivity index (χ3n) is 2.89. The lowest BCUT2D eigenvalue weighted by atomic mass is 10.0. The van der Waals surface area contributed by atoms with E-state index in [1.807, 2.05) is 24.3 Å². The van der Waals surface area contributed by atoms with Crippen LogP contribution < -0.4 is 0 Å². The zero-order chi connectivity index (χ0) is 12.1. The zero-order valence-electron chi connectivity index (χ0n) is 10.2. The van der Waals surface area contributed by atoms with E-state index in [0.717, 1.165) is 5.75 Å². The predicted molar refractivity (Wildman–Crippen MR) is 75.1 cm³/mol. The Labute approximate surface area is 107 Å². The normalized spacial score (nSPS) is 15.9. The first-order chi connectivity index (χ1) is 8.31. The highest BCUT2D eigenvalue weighted by Crippen LogP contribution is 2.41. The number of carbonyl (C=O) groups is 1. The molecule has 1 aliphatic carbocycles. The van der Waals surface area contributed by atoms with Crippen molar-refractivity contribution in [3.8, 4) is 0 Å². The molecule has 1 fully saturated rings. The summed E-state index contributed by atoms with van der Waals surface area (Å²) in [7, 11) is 0. The summed E-state index contributed by atoms with van der Waals surface area (Å²) in [4.78, 5) is 11.8. The first-order valence-corrected chi connectivity index (χ1v) is 7.34. The van der Waals surface area contributed by atoms with Crippen molar-refractivity contribution in [2.24, 2.45) is 5.92 Å². The van der Waals surface area contributed by atoms with E-state index in [1.54, 1.807) is 11.8 Å². The van der Waals surface area contributed by atoms with Gasteiger partial charge < -0.3 is 0 Å². The van der Waals surface area contributed by atoms with Crippen molar-refractivity contribution in [1.82, 2.24) is 0 Å². The summed E-state index contributed by atoms with van der Waals surface area (Å²) in [5.74, 6) is 2.49. The molecular weight excluding hydrogens is 228 g/mol. The molecule has 0 heterocycles. The lowest BCUT2D eigenvalue weighted by molar-refractivity contribution is -0.112. The van der Waals surface area contributed by atoms with Crippen LogP contribution in [-0.2, 0) is 4.79 Å². The maximum atomic E-state index is 11.8. The fourth-order valence-corrected chi connectivity index (χ4v) is 2.37. The summed E-state index contributed by atoms with van der Waals surface area (Å²) in [6.07, 6.45) is 4.33. The maximum absolute atomic E-state index is 11.8. The Morgan fingerprint density at radius 2 is 2.06 bits per heavy atom. The quantitative estimate of drug-likeness (QED) is 0.710. The van der Waals surface area contributed by atoms with Crippen LogP contribution in [0.25, 0.3) is 5.57 Å². The molecule has 90 valence electrons. The largest absolute Gasteiger partial charge is 0.294 e. The summed E-state index contributed by atoms with van der Waals surface area (Å²) in [5.41, 5.74) is 2.46. The highest BCUT2D eigenvalue weighted by atomic mass is 32.2. The van der Waals surface area contributed by atoms with Crippen LogP contribution in [0.1, 0.15) is 25.3 Å². The number of allylic oxidation sites excluding steroid dienone is 2. The molecule has 1 aliphatic rings. The fraction of sp³-hybridized carbons (Fsp3) is 0.400. The predicted octanol–water partition coefficient (Wildman–Crippen LogP) is 3.80. The van der Waals surface area contributed by atoms with Gasteiger partial charge in [-0.05, 0) is 41.7 Å². The standard InChI is InChI=1S/C15H18OS/c1-2-17-11-14(16)10-15(13-8-9-13)12-6-4-3-5-7-12/h3-7,10,13H,2,8-9,11H2,1H3. The van der Waals surface area contributed by atoms with Gasteiger partial charge in [0.2, 0.25) is 0 Å². The Bertz CT molecular complexity index is 404. The smallest absolute Gasteiger partial charge is 0.165 e. The second kappa shape index (κ2) is 6.06. The van der Waals surface area contributed by atoms with E-state index in [9.17, 15) is 4.79 Å². The molecule has 1 aromatic rings. The molecule has 1 saturated carbocycles. The van der Waals surface area contributed by atoms with Crippen LogP contribution in [0.2, 0.25) is 0 Å². The van der Waals surface area contributed by atoms with Crippen LogP contribution in [-0.4, -0.2) is 17.3 Å². The summed E-state index contributed by atoms with van der Waals surface area (Å²) < 4.78 is 0. The minimum absolute atomic E-state index is 0.252. The van der Waals surface area contributed by atoms with Crippen molar-refractivity contribution in [3.63, 3.8) is 0 Å². The molecule has 0 radical (unpaired) electrons. The molecule has 0 saturated heterocycles. The van der Waals surface area contributed by atoms with Gasteiger partial charge in [0, 0.05) is 0 Å². The average Bonchev–Trinajstić information content (AvgIpc) is 3.19. The minimum Gasteiger partial charge on any atom is -0.294 e. The first kappa shape index (κ1) is 12.4. The third kappa shape index (κ3) is 3.74. The second-order valence-corrected chi connectivity index (χ2v) is 5.62. The van der Waals surface area contributed by atoms with Gasteiger partial charge in [-0.25, -0.2) is 0 Å². The Kier molecular flexibility index (Phi) is 4.43. The highest BCUT2D eigenvalue weighted by molar-refractivity contribution is 7.99. The van der Waals surface area contributed by atoms with Gasteiger partial charge in [0.25, 0.3) is 0 Å². The van der Waals surface area contributed by atoms with Crippen LogP contribution in [0.5, 0.6) is 0 Å². The van der Waals surface area contributed by atoms with Crippen LogP contribution in [0.15, 0.2) is 36.4 Å². The van der Waals surface area contributed by atoms with Crippen LogP contribution in [0.3, 0.4) is 0 Å². The van der Waals surface area contributed by atoms with Gasteiger partial charge in [-0.3, -0.25) is 4.79 Å². The van der Waals surface area contributed by atoms with Gasteiger partial charge >= 0.3 is 0 Å². The molecule has 1 aromatic carbocycles. The van der Waals surface area contributed by atoms with Gasteiger partial charge in [-0.1, -0.05) is 37.3 Å². The van der Waals surface area contributed by atoms with Gasteiger partial charge in [0.1, 0.15) is 0 Å². The van der Waals surface area contributed by atoms with Crippen LogP contribution in [0, 0.1) is 5.92 Å². The minimum atomic E-state index is 0.252. The van der Waals surface area contributed by atoms with Gasteiger partial charge in [-0.15, -0.1) is 0 Å². The summed E-state index contributed by atoms with van der Waals surface area (Å²) in [6.45, 7) is 2.08. The topological polar surface area (TPSA) is 17.1 Å². The molecule has 0 aliphatic heterocycles. The molecule has 0 bridgehead atoms. The Morgan fingerprint density at radius 3 is 2.65 bits per heavy atom. The van der Waals surface area contributed by atoms with Gasteiger partial charge in [0.15, 0.2) is 5.78 Å². The monoisotopic (exact) mass is 246 g/mol. The van der Waals surface area contributed by atoms with E-state index in [-0.39, 0.29) is 5.78 Å². The van der Waals surface area contributed by atoms with Crippen molar-refractivity contribution >= 4 is 23.1 Å². The molecule has 0 unspecified atom stereocenters. The molecule has 0 N–H and O–H groups in total. The van der Waals surface area contributed by atoms with E-state index in [0.29, 0.717) is 11.7 Å². The number of benzene rings is 1. The Hall–Kier alpha value is -1.02. The molecule has 2 rings (SSSR count). The van der Waals surface area contributed by atoms with E-state index in [2.05, 4.69) is 19.1 Å². The zero-order valence-corrected chi connectivity index (χ0v) is 11.0. The number of ketones is 1.